The molecule has 0 aromatic carbocycles. The van der Waals surface area contributed by atoms with Crippen LogP contribution < -0.4 is 0 Å². The number of aromatic amines is 1. The minimum Gasteiger partial charge on any atom is -0.393 e. The van der Waals surface area contributed by atoms with Crippen molar-refractivity contribution in [2.45, 2.75) is 31.4 Å². The minimum absolute atomic E-state index is 0.170. The molecule has 1 saturated carbocycles. The first kappa shape index (κ1) is 10.1. The van der Waals surface area contributed by atoms with Crippen LogP contribution in [-0.2, 0) is 0 Å². The molecule has 18 heavy (non-hydrogen) atoms. The van der Waals surface area contributed by atoms with Crippen molar-refractivity contribution in [1.29, 1.82) is 0 Å². The van der Waals surface area contributed by atoms with Crippen LogP contribution in [0.2, 0.25) is 0 Å². The molecule has 1 aliphatic rings. The Balaban J connectivity index is 1.97. The Bertz CT molecular complexity index is 714. The van der Waals surface area contributed by atoms with E-state index in [2.05, 4.69) is 19.5 Å². The third kappa shape index (κ3) is 1.31. The fourth-order valence-electron chi connectivity index (χ4n) is 3.00. The first-order chi connectivity index (χ1) is 8.83. The zero-order valence-corrected chi connectivity index (χ0v) is 9.87. The van der Waals surface area contributed by atoms with E-state index in [0.717, 1.165) is 41.3 Å². The van der Waals surface area contributed by atoms with Crippen molar-refractivity contribution >= 4 is 22.1 Å². The van der Waals surface area contributed by atoms with Gasteiger partial charge in [-0.25, -0.2) is 9.97 Å². The van der Waals surface area contributed by atoms with Gasteiger partial charge in [0.05, 0.1) is 24.1 Å². The average Bonchev–Trinajstić information content (AvgIpc) is 3.03. The maximum atomic E-state index is 9.69. The van der Waals surface area contributed by atoms with Gasteiger partial charge in [-0.1, -0.05) is 0 Å². The first-order valence-electron chi connectivity index (χ1n) is 6.29. The highest BCUT2D eigenvalue weighted by Gasteiger charge is 2.25. The van der Waals surface area contributed by atoms with Gasteiger partial charge in [0.25, 0.3) is 0 Å². The van der Waals surface area contributed by atoms with Gasteiger partial charge in [-0.15, -0.1) is 0 Å². The Hall–Kier alpha value is -1.88. The van der Waals surface area contributed by atoms with Gasteiger partial charge < -0.3 is 14.7 Å². The number of aliphatic hydroxyl groups is 1. The van der Waals surface area contributed by atoms with Crippen LogP contribution in [0.1, 0.15) is 25.3 Å². The molecule has 3 aromatic rings. The number of nitrogens with zero attached hydrogens (tertiary/aromatic N) is 3. The van der Waals surface area contributed by atoms with Crippen molar-refractivity contribution in [3.05, 3.63) is 24.8 Å². The largest absolute Gasteiger partial charge is 0.393 e. The smallest absolute Gasteiger partial charge is 0.139 e. The topological polar surface area (TPSA) is 66.7 Å². The first-order valence-corrected chi connectivity index (χ1v) is 6.29. The monoisotopic (exact) mass is 242 g/mol. The summed E-state index contributed by atoms with van der Waals surface area (Å²) in [5.74, 6) is 0. The molecule has 2 atom stereocenters. The molecule has 0 spiro atoms. The van der Waals surface area contributed by atoms with Crippen molar-refractivity contribution in [2.24, 2.45) is 0 Å². The van der Waals surface area contributed by atoms with Crippen LogP contribution in [0.25, 0.3) is 22.1 Å². The molecule has 0 radical (unpaired) electrons. The van der Waals surface area contributed by atoms with Crippen LogP contribution in [0.3, 0.4) is 0 Å². The second-order valence-corrected chi connectivity index (χ2v) is 5.00. The van der Waals surface area contributed by atoms with Crippen molar-refractivity contribution in [2.75, 3.05) is 0 Å². The molecular formula is C13H14N4O. The number of aliphatic hydroxyl groups excluding tert-OH is 1. The standard InChI is InChI=1S/C13H14N4O/c18-9-2-1-8(5-9)17-7-16-11-6-15-13-10(12(11)17)3-4-14-13/h3-4,6-9,18H,1-2,5H2,(H,14,15)/t8-,9?/m1/s1. The SMILES string of the molecule is OC1CC[C@@H](n2cnc3cnc4[nH]ccc4c32)C1. The molecule has 0 amide bonds. The number of imidazole rings is 1. The summed E-state index contributed by atoms with van der Waals surface area (Å²) in [4.78, 5) is 11.9. The number of hydrogen-bond acceptors (Lipinski definition) is 3. The normalized spacial score (nSPS) is 24.3. The second-order valence-electron chi connectivity index (χ2n) is 5.00. The molecule has 3 aromatic heterocycles. The fourth-order valence-corrected chi connectivity index (χ4v) is 3.00. The Morgan fingerprint density at radius 3 is 3.11 bits per heavy atom. The van der Waals surface area contributed by atoms with Crippen LogP contribution in [0.15, 0.2) is 24.8 Å². The number of H-pyrrole nitrogens is 1. The highest BCUT2D eigenvalue weighted by molar-refractivity contribution is 6.00. The van der Waals surface area contributed by atoms with Crippen LogP contribution in [-0.4, -0.2) is 30.7 Å². The van der Waals surface area contributed by atoms with Crippen molar-refractivity contribution in [3.8, 4) is 0 Å². The van der Waals surface area contributed by atoms with E-state index in [1.54, 1.807) is 6.20 Å². The summed E-state index contributed by atoms with van der Waals surface area (Å²) in [6.45, 7) is 0. The molecule has 92 valence electrons. The summed E-state index contributed by atoms with van der Waals surface area (Å²) >= 11 is 0. The summed E-state index contributed by atoms with van der Waals surface area (Å²) in [6, 6.07) is 2.39. The lowest BCUT2D eigenvalue weighted by Crippen LogP contribution is -2.06. The van der Waals surface area contributed by atoms with E-state index in [1.165, 1.54) is 0 Å². The molecule has 5 heteroatoms. The van der Waals surface area contributed by atoms with E-state index in [1.807, 2.05) is 18.6 Å². The lowest BCUT2D eigenvalue weighted by molar-refractivity contribution is 0.178. The molecule has 1 unspecified atom stereocenters. The zero-order valence-electron chi connectivity index (χ0n) is 9.87. The Morgan fingerprint density at radius 2 is 2.28 bits per heavy atom. The van der Waals surface area contributed by atoms with Crippen LogP contribution in [0.5, 0.6) is 0 Å². The summed E-state index contributed by atoms with van der Waals surface area (Å²) in [7, 11) is 0. The third-order valence-electron chi connectivity index (χ3n) is 3.89. The summed E-state index contributed by atoms with van der Waals surface area (Å²) in [5, 5.41) is 10.8. The summed E-state index contributed by atoms with van der Waals surface area (Å²) in [5.41, 5.74) is 2.94. The van der Waals surface area contributed by atoms with Gasteiger partial charge in [-0.2, -0.15) is 0 Å². The maximum Gasteiger partial charge on any atom is 0.139 e. The van der Waals surface area contributed by atoms with Gasteiger partial charge in [0.15, 0.2) is 0 Å². The molecule has 4 rings (SSSR count). The molecule has 5 nitrogen and oxygen atoms in total. The van der Waals surface area contributed by atoms with E-state index in [-0.39, 0.29) is 6.10 Å². The summed E-state index contributed by atoms with van der Waals surface area (Å²) in [6.07, 6.45) is 8.12. The van der Waals surface area contributed by atoms with E-state index in [4.69, 9.17) is 0 Å². The molecule has 0 saturated heterocycles. The Labute approximate surface area is 103 Å². The zero-order chi connectivity index (χ0) is 12.1. The molecule has 0 aliphatic heterocycles. The molecule has 2 N–H and O–H groups in total. The molecule has 1 aliphatic carbocycles. The van der Waals surface area contributed by atoms with E-state index >= 15 is 0 Å². The van der Waals surface area contributed by atoms with Gasteiger partial charge in [-0.05, 0) is 25.3 Å². The molecule has 1 fully saturated rings. The molecular weight excluding hydrogens is 228 g/mol. The second kappa shape index (κ2) is 3.55. The lowest BCUT2D eigenvalue weighted by atomic mass is 10.2. The fraction of sp³-hybridized carbons (Fsp3) is 0.385. The number of fused-ring (bicyclic) bond motifs is 3. The number of hydrogen-bond donors (Lipinski definition) is 2. The minimum atomic E-state index is -0.170. The predicted octanol–water partition coefficient (Wildman–Crippen LogP) is 2.00. The lowest BCUT2D eigenvalue weighted by Gasteiger charge is -2.12. The number of nitrogens with one attached hydrogen (secondary N) is 1. The van der Waals surface area contributed by atoms with Gasteiger partial charge in [-0.3, -0.25) is 0 Å². The molecule has 0 bridgehead atoms. The quantitative estimate of drug-likeness (QED) is 0.686. The maximum absolute atomic E-state index is 9.69. The van der Waals surface area contributed by atoms with Crippen LogP contribution in [0.4, 0.5) is 0 Å². The third-order valence-corrected chi connectivity index (χ3v) is 3.89. The summed E-state index contributed by atoms with van der Waals surface area (Å²) < 4.78 is 2.20. The van der Waals surface area contributed by atoms with Gasteiger partial charge in [0.2, 0.25) is 0 Å². The van der Waals surface area contributed by atoms with Crippen molar-refractivity contribution in [1.82, 2.24) is 19.5 Å². The van der Waals surface area contributed by atoms with E-state index < -0.39 is 0 Å². The van der Waals surface area contributed by atoms with Crippen LogP contribution in [0, 0.1) is 0 Å². The van der Waals surface area contributed by atoms with E-state index in [9.17, 15) is 5.11 Å². The Kier molecular flexibility index (Phi) is 1.99. The van der Waals surface area contributed by atoms with Gasteiger partial charge in [0.1, 0.15) is 11.2 Å². The van der Waals surface area contributed by atoms with Crippen LogP contribution >= 0.6 is 0 Å². The average molecular weight is 242 g/mol. The van der Waals surface area contributed by atoms with Crippen molar-refractivity contribution < 1.29 is 5.11 Å². The van der Waals surface area contributed by atoms with Crippen molar-refractivity contribution in [3.63, 3.8) is 0 Å². The predicted molar refractivity (Wildman–Crippen MR) is 68.3 cm³/mol. The van der Waals surface area contributed by atoms with Gasteiger partial charge in [0, 0.05) is 17.6 Å². The number of aromatic nitrogens is 4. The number of rotatable bonds is 1. The number of pyridine rings is 1. The van der Waals surface area contributed by atoms with E-state index in [0.29, 0.717) is 6.04 Å². The highest BCUT2D eigenvalue weighted by Crippen LogP contribution is 2.34. The molecule has 3 heterocycles. The highest BCUT2D eigenvalue weighted by atomic mass is 16.3. The van der Waals surface area contributed by atoms with Gasteiger partial charge >= 0.3 is 0 Å². The Morgan fingerprint density at radius 1 is 1.33 bits per heavy atom.